The Morgan fingerprint density at radius 1 is 1.31 bits per heavy atom. The number of hydrogen-bond donors (Lipinski definition) is 3. The molecule has 1 fully saturated rings. The van der Waals surface area contributed by atoms with Crippen molar-refractivity contribution >= 4 is 47.0 Å². The minimum atomic E-state index is -1.08. The van der Waals surface area contributed by atoms with Crippen molar-refractivity contribution in [3.63, 3.8) is 0 Å². The topological polar surface area (TPSA) is 96.9 Å². The van der Waals surface area contributed by atoms with Gasteiger partial charge in [-0.2, -0.15) is 0 Å². The van der Waals surface area contributed by atoms with Gasteiger partial charge in [-0.1, -0.05) is 35.5 Å². The van der Waals surface area contributed by atoms with Crippen molar-refractivity contribution in [2.75, 3.05) is 19.0 Å². The van der Waals surface area contributed by atoms with Crippen LogP contribution in [0.4, 0.5) is 5.69 Å². The fourth-order valence-electron chi connectivity index (χ4n) is 2.64. The summed E-state index contributed by atoms with van der Waals surface area (Å²) in [6.45, 7) is 1.49. The molecule has 0 spiro atoms. The lowest BCUT2D eigenvalue weighted by Gasteiger charge is -2.15. The van der Waals surface area contributed by atoms with Crippen LogP contribution in [0.3, 0.4) is 0 Å². The number of rotatable bonds is 7. The molecule has 152 valence electrons. The van der Waals surface area contributed by atoms with Crippen LogP contribution in [0, 0.1) is 6.92 Å². The highest BCUT2D eigenvalue weighted by molar-refractivity contribution is 8.05. The van der Waals surface area contributed by atoms with Crippen LogP contribution < -0.4 is 20.1 Å². The molecule has 0 saturated carbocycles. The Morgan fingerprint density at radius 2 is 2.10 bits per heavy atom. The smallest absolute Gasteiger partial charge is 0.341 e. The Bertz CT molecular complexity index is 979. The predicted molar refractivity (Wildman–Crippen MR) is 113 cm³/mol. The van der Waals surface area contributed by atoms with Gasteiger partial charge < -0.3 is 25.2 Å². The van der Waals surface area contributed by atoms with Gasteiger partial charge in [0.15, 0.2) is 23.6 Å². The number of hydrogen-bond acceptors (Lipinski definition) is 6. The number of benzene rings is 2. The lowest BCUT2D eigenvalue weighted by atomic mass is 10.2. The maximum absolute atomic E-state index is 12.3. The Kier molecular flexibility index (Phi) is 6.56. The monoisotopic (exact) mass is 434 g/mol. The molecule has 7 nitrogen and oxygen atoms in total. The van der Waals surface area contributed by atoms with Crippen LogP contribution in [0.1, 0.15) is 11.1 Å². The quantitative estimate of drug-likeness (QED) is 0.571. The first-order chi connectivity index (χ1) is 13.9. The summed E-state index contributed by atoms with van der Waals surface area (Å²) in [6.07, 6.45) is 1.73. The summed E-state index contributed by atoms with van der Waals surface area (Å²) >= 11 is 7.40. The van der Waals surface area contributed by atoms with Gasteiger partial charge in [-0.05, 0) is 48.4 Å². The van der Waals surface area contributed by atoms with Gasteiger partial charge in [0.25, 0.3) is 5.91 Å². The van der Waals surface area contributed by atoms with E-state index in [0.29, 0.717) is 21.4 Å². The molecule has 1 saturated heterocycles. The molecule has 2 aromatic carbocycles. The summed E-state index contributed by atoms with van der Waals surface area (Å²) in [5.74, 6) is -0.576. The van der Waals surface area contributed by atoms with Crippen molar-refractivity contribution in [1.29, 1.82) is 0 Å². The van der Waals surface area contributed by atoms with E-state index in [0.717, 1.165) is 16.8 Å². The van der Waals surface area contributed by atoms with Crippen LogP contribution in [0.25, 0.3) is 6.08 Å². The normalized spacial score (nSPS) is 17.1. The zero-order valence-electron chi connectivity index (χ0n) is 15.7. The highest BCUT2D eigenvalue weighted by atomic mass is 35.5. The number of thioether (sulfide) groups is 1. The second-order valence-corrected chi connectivity index (χ2v) is 7.76. The average Bonchev–Trinajstić information content (AvgIpc) is 3.02. The lowest BCUT2D eigenvalue weighted by molar-refractivity contribution is -0.139. The number of nitrogens with one attached hydrogen (secondary N) is 2. The van der Waals surface area contributed by atoms with Crippen molar-refractivity contribution < 1.29 is 24.2 Å². The van der Waals surface area contributed by atoms with Crippen LogP contribution >= 0.6 is 23.4 Å². The number of anilines is 1. The van der Waals surface area contributed by atoms with Gasteiger partial charge in [-0.25, -0.2) is 4.79 Å². The van der Waals surface area contributed by atoms with Gasteiger partial charge in [0, 0.05) is 10.7 Å². The number of carboxylic acids is 1. The SMILES string of the molecule is COc1cc(/C=C2\SC(Nc3cc(Cl)ccc3C)NC2=O)ccc1OCC(=O)O. The second-order valence-electron chi connectivity index (χ2n) is 6.18. The first kappa shape index (κ1) is 20.9. The molecule has 1 heterocycles. The summed E-state index contributed by atoms with van der Waals surface area (Å²) < 4.78 is 10.4. The van der Waals surface area contributed by atoms with E-state index in [1.807, 2.05) is 25.1 Å². The molecule has 0 aliphatic carbocycles. The fraction of sp³-hybridized carbons (Fsp3) is 0.200. The van der Waals surface area contributed by atoms with Crippen LogP contribution in [0.2, 0.25) is 5.02 Å². The number of carboxylic acid groups (broad SMARTS) is 1. The van der Waals surface area contributed by atoms with Gasteiger partial charge in [0.05, 0.1) is 12.0 Å². The molecule has 9 heteroatoms. The number of carbonyl (C=O) groups excluding carboxylic acids is 1. The summed E-state index contributed by atoms with van der Waals surface area (Å²) in [6, 6.07) is 10.5. The third-order valence-corrected chi connectivity index (χ3v) is 5.32. The third kappa shape index (κ3) is 5.36. The largest absolute Gasteiger partial charge is 0.493 e. The highest BCUT2D eigenvalue weighted by Gasteiger charge is 2.27. The van der Waals surface area contributed by atoms with E-state index in [2.05, 4.69) is 10.6 Å². The minimum absolute atomic E-state index is 0.197. The van der Waals surface area contributed by atoms with Crippen LogP contribution in [0.15, 0.2) is 41.3 Å². The number of aliphatic carboxylic acids is 1. The molecule has 1 aliphatic heterocycles. The molecule has 1 amide bonds. The number of aryl methyl sites for hydroxylation is 1. The summed E-state index contributed by atoms with van der Waals surface area (Å²) in [4.78, 5) is 23.5. The van der Waals surface area contributed by atoms with Gasteiger partial charge in [0.2, 0.25) is 0 Å². The third-order valence-electron chi connectivity index (χ3n) is 4.05. The second kappa shape index (κ2) is 9.11. The molecule has 0 aromatic heterocycles. The Morgan fingerprint density at radius 3 is 2.83 bits per heavy atom. The number of amides is 1. The molecule has 2 aromatic rings. The van der Waals surface area contributed by atoms with Crippen molar-refractivity contribution in [2.45, 2.75) is 12.4 Å². The van der Waals surface area contributed by atoms with Crippen molar-refractivity contribution in [3.05, 3.63) is 57.5 Å². The minimum Gasteiger partial charge on any atom is -0.493 e. The van der Waals surface area contributed by atoms with Crippen molar-refractivity contribution in [1.82, 2.24) is 5.32 Å². The molecular weight excluding hydrogens is 416 g/mol. The standard InChI is InChI=1S/C20H19ClN2O5S/c1-11-3-5-13(21)9-14(11)22-20-23-19(26)17(29-20)8-12-4-6-15(16(7-12)27-2)28-10-18(24)25/h3-9,20,22H,10H2,1-2H3,(H,23,26)(H,24,25)/b17-8-. The van der Waals surface area contributed by atoms with E-state index in [1.165, 1.54) is 18.9 Å². The van der Waals surface area contributed by atoms with Crippen molar-refractivity contribution in [3.8, 4) is 11.5 Å². The number of methoxy groups -OCH3 is 1. The number of carbonyl (C=O) groups is 2. The predicted octanol–water partition coefficient (Wildman–Crippen LogP) is 3.72. The van der Waals surface area contributed by atoms with Crippen LogP contribution in [-0.4, -0.2) is 36.2 Å². The molecule has 29 heavy (non-hydrogen) atoms. The molecule has 1 atom stereocenters. The zero-order valence-corrected chi connectivity index (χ0v) is 17.3. The van der Waals surface area contributed by atoms with Gasteiger partial charge in [0.1, 0.15) is 0 Å². The fourth-order valence-corrected chi connectivity index (χ4v) is 3.79. The first-order valence-corrected chi connectivity index (χ1v) is 9.86. The summed E-state index contributed by atoms with van der Waals surface area (Å²) in [5, 5.41) is 15.5. The summed E-state index contributed by atoms with van der Waals surface area (Å²) in [5.41, 5.74) is 2.26. The van der Waals surface area contributed by atoms with E-state index in [1.54, 1.807) is 24.3 Å². The average molecular weight is 435 g/mol. The van der Waals surface area contributed by atoms with E-state index < -0.39 is 12.6 Å². The lowest BCUT2D eigenvalue weighted by Crippen LogP contribution is -2.31. The maximum atomic E-state index is 12.3. The zero-order chi connectivity index (χ0) is 21.0. The van der Waals surface area contributed by atoms with E-state index >= 15 is 0 Å². The molecule has 0 bridgehead atoms. The van der Waals surface area contributed by atoms with E-state index in [-0.39, 0.29) is 11.4 Å². The Hall–Kier alpha value is -2.84. The van der Waals surface area contributed by atoms with Crippen LogP contribution in [0.5, 0.6) is 11.5 Å². The molecule has 0 radical (unpaired) electrons. The van der Waals surface area contributed by atoms with Gasteiger partial charge >= 0.3 is 5.97 Å². The maximum Gasteiger partial charge on any atom is 0.341 e. The Labute approximate surface area is 177 Å². The van der Waals surface area contributed by atoms with E-state index in [9.17, 15) is 9.59 Å². The van der Waals surface area contributed by atoms with E-state index in [4.69, 9.17) is 26.2 Å². The molecular formula is C20H19ClN2O5S. The number of ether oxygens (including phenoxy) is 2. The molecule has 1 aliphatic rings. The molecule has 3 rings (SSSR count). The number of halogens is 1. The first-order valence-electron chi connectivity index (χ1n) is 8.60. The van der Waals surface area contributed by atoms with Crippen LogP contribution in [-0.2, 0) is 9.59 Å². The molecule has 3 N–H and O–H groups in total. The van der Waals surface area contributed by atoms with Gasteiger partial charge in [-0.15, -0.1) is 0 Å². The Balaban J connectivity index is 1.74. The summed E-state index contributed by atoms with van der Waals surface area (Å²) in [7, 11) is 1.46. The highest BCUT2D eigenvalue weighted by Crippen LogP contribution is 2.34. The van der Waals surface area contributed by atoms with Gasteiger partial charge in [-0.3, -0.25) is 4.79 Å². The van der Waals surface area contributed by atoms with Crippen molar-refractivity contribution in [2.24, 2.45) is 0 Å². The molecule has 1 unspecified atom stereocenters.